The molecule has 0 fully saturated rings. The molecule has 0 saturated carbocycles. The van der Waals surface area contributed by atoms with Crippen molar-refractivity contribution in [3.8, 4) is 5.75 Å². The van der Waals surface area contributed by atoms with Gasteiger partial charge in [0.1, 0.15) is 11.4 Å². The Labute approximate surface area is 85.0 Å². The molecule has 82 valence electrons. The summed E-state index contributed by atoms with van der Waals surface area (Å²) in [6, 6.07) is 3.60. The zero-order chi connectivity index (χ0) is 11.3. The first-order valence-corrected chi connectivity index (χ1v) is 4.11. The van der Waals surface area contributed by atoms with Crippen LogP contribution in [0, 0.1) is 10.1 Å². The number of phenolic OH excluding ortho intramolecular Hbond substituents is 1. The lowest BCUT2D eigenvalue weighted by Crippen LogP contribution is -2.07. The van der Waals surface area contributed by atoms with E-state index in [9.17, 15) is 10.1 Å². The van der Waals surface area contributed by atoms with Crippen molar-refractivity contribution in [2.75, 3.05) is 18.7 Å². The summed E-state index contributed by atoms with van der Waals surface area (Å²) in [7, 11) is 0. The van der Waals surface area contributed by atoms with Gasteiger partial charge in [0.05, 0.1) is 24.2 Å². The second-order valence-corrected chi connectivity index (χ2v) is 2.63. The number of benzene rings is 1. The minimum Gasteiger partial charge on any atom is -0.508 e. The Morgan fingerprint density at radius 1 is 1.53 bits per heavy atom. The monoisotopic (exact) mass is 214 g/mol. The summed E-state index contributed by atoms with van der Waals surface area (Å²) in [6.07, 6.45) is 0. The van der Waals surface area contributed by atoms with E-state index in [4.69, 9.17) is 15.1 Å². The molecular weight excluding hydrogens is 204 g/mol. The maximum Gasteiger partial charge on any atom is 0.298 e. The molecule has 0 aliphatic rings. The van der Waals surface area contributed by atoms with Gasteiger partial charge in [-0.25, -0.2) is 0 Å². The lowest BCUT2D eigenvalue weighted by atomic mass is 10.2. The highest BCUT2D eigenvalue weighted by Crippen LogP contribution is 2.28. The topological polar surface area (TPSA) is 105 Å². The second kappa shape index (κ2) is 5.13. The highest BCUT2D eigenvalue weighted by molar-refractivity contribution is 5.62. The first kappa shape index (κ1) is 11.2. The molecule has 0 aliphatic heterocycles. The molecule has 0 atom stereocenters. The average molecular weight is 214 g/mol. The maximum atomic E-state index is 10.6. The van der Waals surface area contributed by atoms with Crippen molar-refractivity contribution in [1.29, 1.82) is 0 Å². The van der Waals surface area contributed by atoms with Crippen LogP contribution >= 0.6 is 0 Å². The zero-order valence-corrected chi connectivity index (χ0v) is 7.71. The molecule has 1 rings (SSSR count). The minimum atomic E-state index is -0.648. The van der Waals surface area contributed by atoms with E-state index < -0.39 is 4.92 Å². The standard InChI is InChI=1S/C8H10N2O5/c11-3-4-15-9-7-2-1-6(12)5-8(7)10(13)14/h1-2,5,9,11-12H,3-4H2. The number of aliphatic hydroxyl groups is 1. The number of nitrogens with zero attached hydrogens (tertiary/aromatic N) is 1. The third-order valence-electron chi connectivity index (χ3n) is 1.55. The highest BCUT2D eigenvalue weighted by Gasteiger charge is 2.14. The Morgan fingerprint density at radius 2 is 2.27 bits per heavy atom. The van der Waals surface area contributed by atoms with Crippen molar-refractivity contribution >= 4 is 11.4 Å². The summed E-state index contributed by atoms with van der Waals surface area (Å²) in [6.45, 7) is -0.184. The van der Waals surface area contributed by atoms with Crippen molar-refractivity contribution in [3.63, 3.8) is 0 Å². The molecule has 0 saturated heterocycles. The molecule has 15 heavy (non-hydrogen) atoms. The van der Waals surface area contributed by atoms with E-state index in [1.807, 2.05) is 0 Å². The average Bonchev–Trinajstić information content (AvgIpc) is 2.20. The van der Waals surface area contributed by atoms with Gasteiger partial charge < -0.3 is 10.2 Å². The molecule has 0 bridgehead atoms. The summed E-state index contributed by atoms with van der Waals surface area (Å²) in [5.74, 6) is -0.200. The van der Waals surface area contributed by atoms with Crippen LogP contribution in [0.1, 0.15) is 0 Å². The van der Waals surface area contributed by atoms with Crippen molar-refractivity contribution in [2.24, 2.45) is 0 Å². The van der Waals surface area contributed by atoms with E-state index in [2.05, 4.69) is 5.48 Å². The Morgan fingerprint density at radius 3 is 2.87 bits per heavy atom. The number of aromatic hydroxyl groups is 1. The van der Waals surface area contributed by atoms with Crippen LogP contribution in [0.5, 0.6) is 5.75 Å². The van der Waals surface area contributed by atoms with Crippen LogP contribution in [0.15, 0.2) is 18.2 Å². The summed E-state index contributed by atoms with van der Waals surface area (Å²) >= 11 is 0. The number of nitro benzene ring substituents is 1. The number of nitro groups is 1. The van der Waals surface area contributed by atoms with Crippen LogP contribution in [0.4, 0.5) is 11.4 Å². The molecule has 0 aliphatic carbocycles. The van der Waals surface area contributed by atoms with Gasteiger partial charge in [-0.15, -0.1) is 0 Å². The quantitative estimate of drug-likeness (QED) is 0.287. The molecule has 0 unspecified atom stereocenters. The van der Waals surface area contributed by atoms with Crippen LogP contribution in [0.25, 0.3) is 0 Å². The van der Waals surface area contributed by atoms with E-state index in [0.29, 0.717) is 0 Å². The highest BCUT2D eigenvalue weighted by atomic mass is 16.7. The van der Waals surface area contributed by atoms with Crippen LogP contribution in [0.2, 0.25) is 0 Å². The lowest BCUT2D eigenvalue weighted by Gasteiger charge is -2.06. The first-order valence-electron chi connectivity index (χ1n) is 4.11. The number of hydrogen-bond acceptors (Lipinski definition) is 6. The predicted octanol–water partition coefficient (Wildman–Crippen LogP) is 0.636. The SMILES string of the molecule is O=[N+]([O-])c1cc(O)ccc1NOCCO. The Kier molecular flexibility index (Phi) is 3.83. The van der Waals surface area contributed by atoms with Gasteiger partial charge >= 0.3 is 0 Å². The van der Waals surface area contributed by atoms with Crippen LogP contribution in [-0.4, -0.2) is 28.4 Å². The third-order valence-corrected chi connectivity index (χ3v) is 1.55. The second-order valence-electron chi connectivity index (χ2n) is 2.63. The molecule has 0 heterocycles. The minimum absolute atomic E-state index is 0.0119. The molecule has 0 radical (unpaired) electrons. The van der Waals surface area contributed by atoms with E-state index in [-0.39, 0.29) is 30.3 Å². The number of rotatable bonds is 5. The molecule has 0 spiro atoms. The largest absolute Gasteiger partial charge is 0.508 e. The van der Waals surface area contributed by atoms with Gasteiger partial charge in [0.2, 0.25) is 0 Å². The number of hydrogen-bond donors (Lipinski definition) is 3. The molecule has 7 heteroatoms. The fraction of sp³-hybridized carbons (Fsp3) is 0.250. The molecule has 0 aromatic heterocycles. The van der Waals surface area contributed by atoms with Gasteiger partial charge in [-0.3, -0.25) is 20.4 Å². The summed E-state index contributed by atoms with van der Waals surface area (Å²) in [4.78, 5) is 14.6. The first-order chi connectivity index (χ1) is 7.15. The normalized spacial score (nSPS) is 9.93. The molecule has 1 aromatic rings. The van der Waals surface area contributed by atoms with Gasteiger partial charge in [-0.05, 0) is 12.1 Å². The fourth-order valence-corrected chi connectivity index (χ4v) is 0.932. The third kappa shape index (κ3) is 3.08. The Bertz CT molecular complexity index is 355. The number of nitrogens with one attached hydrogen (secondary N) is 1. The van der Waals surface area contributed by atoms with Crippen molar-refractivity contribution in [1.82, 2.24) is 0 Å². The maximum absolute atomic E-state index is 10.6. The Balaban J connectivity index is 2.81. The van der Waals surface area contributed by atoms with Gasteiger partial charge in [-0.1, -0.05) is 0 Å². The molecule has 1 aromatic carbocycles. The van der Waals surface area contributed by atoms with E-state index in [1.165, 1.54) is 12.1 Å². The number of aliphatic hydroxyl groups excluding tert-OH is 1. The van der Waals surface area contributed by atoms with E-state index in [1.54, 1.807) is 0 Å². The zero-order valence-electron chi connectivity index (χ0n) is 7.71. The fourth-order valence-electron chi connectivity index (χ4n) is 0.932. The lowest BCUT2D eigenvalue weighted by molar-refractivity contribution is -0.384. The predicted molar refractivity (Wildman–Crippen MR) is 51.4 cm³/mol. The van der Waals surface area contributed by atoms with Crippen molar-refractivity contribution in [3.05, 3.63) is 28.3 Å². The molecule has 7 nitrogen and oxygen atoms in total. The van der Waals surface area contributed by atoms with Gasteiger partial charge in [-0.2, -0.15) is 0 Å². The van der Waals surface area contributed by atoms with Gasteiger partial charge in [0, 0.05) is 0 Å². The van der Waals surface area contributed by atoms with E-state index >= 15 is 0 Å². The van der Waals surface area contributed by atoms with Crippen molar-refractivity contribution in [2.45, 2.75) is 0 Å². The van der Waals surface area contributed by atoms with Gasteiger partial charge in [0.15, 0.2) is 0 Å². The number of phenols is 1. The molecular formula is C8H10N2O5. The number of anilines is 1. The van der Waals surface area contributed by atoms with Gasteiger partial charge in [0.25, 0.3) is 5.69 Å². The van der Waals surface area contributed by atoms with Crippen LogP contribution in [0.3, 0.4) is 0 Å². The van der Waals surface area contributed by atoms with Crippen molar-refractivity contribution < 1.29 is 20.0 Å². The summed E-state index contributed by atoms with van der Waals surface area (Å²) < 4.78 is 0. The summed E-state index contributed by atoms with van der Waals surface area (Å²) in [5, 5.41) is 28.0. The van der Waals surface area contributed by atoms with Crippen LogP contribution in [-0.2, 0) is 4.84 Å². The molecule has 3 N–H and O–H groups in total. The molecule has 0 amide bonds. The van der Waals surface area contributed by atoms with Crippen LogP contribution < -0.4 is 5.48 Å². The van der Waals surface area contributed by atoms with E-state index in [0.717, 1.165) is 6.07 Å². The summed E-state index contributed by atoms with van der Waals surface area (Å²) in [5.41, 5.74) is 2.13. The Hall–Kier alpha value is -1.86. The smallest absolute Gasteiger partial charge is 0.298 e.